The van der Waals surface area contributed by atoms with Crippen LogP contribution in [0.15, 0.2) is 15.7 Å². The third-order valence-corrected chi connectivity index (χ3v) is 1.33. The topological polar surface area (TPSA) is 94.4 Å². The number of aromatic amines is 3. The second-order valence-electron chi connectivity index (χ2n) is 2.07. The van der Waals surface area contributed by atoms with Crippen LogP contribution in [0.5, 0.6) is 0 Å². The van der Waals surface area contributed by atoms with Crippen LogP contribution in [-0.2, 0) is 0 Å². The summed E-state index contributed by atoms with van der Waals surface area (Å²) in [5.74, 6) is 0. The molecule has 6 heteroatoms. The molecule has 2 rings (SSSR count). The van der Waals surface area contributed by atoms with Crippen molar-refractivity contribution in [2.24, 2.45) is 0 Å². The van der Waals surface area contributed by atoms with Gasteiger partial charge in [-0.3, -0.25) is 19.8 Å². The maximum atomic E-state index is 10.8. The van der Waals surface area contributed by atoms with E-state index >= 15 is 0 Å². The lowest BCUT2D eigenvalue weighted by Gasteiger charge is -1.81. The molecule has 0 bridgehead atoms. The Morgan fingerprint density at radius 3 is 2.91 bits per heavy atom. The Labute approximate surface area is 59.2 Å². The Morgan fingerprint density at radius 1 is 1.27 bits per heavy atom. The molecule has 0 atom stereocenters. The molecule has 0 radical (unpaired) electrons. The number of hydrogen-bond donors (Lipinski definition) is 3. The van der Waals surface area contributed by atoms with Gasteiger partial charge in [0, 0.05) is 6.07 Å². The van der Waals surface area contributed by atoms with Gasteiger partial charge in [-0.25, -0.2) is 5.10 Å². The Kier molecular flexibility index (Phi) is 0.974. The minimum atomic E-state index is -0.340. The van der Waals surface area contributed by atoms with E-state index in [1.807, 2.05) is 0 Å². The van der Waals surface area contributed by atoms with Crippen molar-refractivity contribution in [1.82, 2.24) is 20.4 Å². The van der Waals surface area contributed by atoms with Crippen LogP contribution in [0.2, 0.25) is 0 Å². The summed E-state index contributed by atoms with van der Waals surface area (Å²) in [5, 5.41) is 10.5. The molecule has 0 aliphatic carbocycles. The fourth-order valence-corrected chi connectivity index (χ4v) is 0.855. The number of aromatic nitrogens is 4. The van der Waals surface area contributed by atoms with E-state index in [0.717, 1.165) is 0 Å². The summed E-state index contributed by atoms with van der Waals surface area (Å²) in [6, 6.07) is 1.26. The van der Waals surface area contributed by atoms with Gasteiger partial charge in [0.15, 0.2) is 5.52 Å². The van der Waals surface area contributed by atoms with Gasteiger partial charge in [0.2, 0.25) is 0 Å². The zero-order valence-corrected chi connectivity index (χ0v) is 5.34. The van der Waals surface area contributed by atoms with Crippen LogP contribution in [0.25, 0.3) is 11.0 Å². The molecule has 0 fully saturated rings. The average molecular weight is 152 g/mol. The minimum Gasteiger partial charge on any atom is -0.296 e. The lowest BCUT2D eigenvalue weighted by Crippen LogP contribution is -2.08. The number of fused-ring (bicyclic) bond motifs is 1. The molecule has 0 saturated carbocycles. The van der Waals surface area contributed by atoms with Crippen molar-refractivity contribution in [3.8, 4) is 0 Å². The molecule has 0 unspecified atom stereocenters. The molecular formula is C5H4N4O2. The Balaban J connectivity index is 3.08. The molecule has 56 valence electrons. The van der Waals surface area contributed by atoms with Crippen molar-refractivity contribution < 1.29 is 0 Å². The van der Waals surface area contributed by atoms with Gasteiger partial charge in [0.1, 0.15) is 0 Å². The molecule has 11 heavy (non-hydrogen) atoms. The normalized spacial score (nSPS) is 10.5. The van der Waals surface area contributed by atoms with Gasteiger partial charge in [-0.2, -0.15) is 5.10 Å². The van der Waals surface area contributed by atoms with Crippen LogP contribution in [-0.4, -0.2) is 20.4 Å². The SMILES string of the molecule is O=c1cc2[nH][nH]c(=O)c2n[nH]1. The quantitative estimate of drug-likeness (QED) is 0.449. The molecule has 2 aromatic heterocycles. The summed E-state index contributed by atoms with van der Waals surface area (Å²) < 4.78 is 0. The standard InChI is InChI=1S/C5H4N4O2/c10-3-1-2-4(8-7-3)5(11)9-6-2/h1H,(H,7,10)(H2,6,9,11). The predicted molar refractivity (Wildman–Crippen MR) is 37.3 cm³/mol. The van der Waals surface area contributed by atoms with Crippen LogP contribution in [0.1, 0.15) is 0 Å². The van der Waals surface area contributed by atoms with E-state index in [0.29, 0.717) is 5.52 Å². The van der Waals surface area contributed by atoms with Gasteiger partial charge in [0.05, 0.1) is 5.52 Å². The van der Waals surface area contributed by atoms with Crippen molar-refractivity contribution in [3.05, 3.63) is 26.8 Å². The number of hydrogen-bond acceptors (Lipinski definition) is 3. The largest absolute Gasteiger partial charge is 0.296 e. The monoisotopic (exact) mass is 152 g/mol. The molecule has 2 aromatic rings. The zero-order valence-electron chi connectivity index (χ0n) is 5.34. The highest BCUT2D eigenvalue weighted by molar-refractivity contribution is 5.71. The maximum Gasteiger partial charge on any atom is 0.292 e. The fraction of sp³-hybridized carbons (Fsp3) is 0. The van der Waals surface area contributed by atoms with Crippen molar-refractivity contribution >= 4 is 11.0 Å². The fourth-order valence-electron chi connectivity index (χ4n) is 0.855. The van der Waals surface area contributed by atoms with Crippen molar-refractivity contribution in [1.29, 1.82) is 0 Å². The van der Waals surface area contributed by atoms with Crippen molar-refractivity contribution in [3.63, 3.8) is 0 Å². The maximum absolute atomic E-state index is 10.8. The van der Waals surface area contributed by atoms with Crippen molar-refractivity contribution in [2.75, 3.05) is 0 Å². The molecular weight excluding hydrogens is 148 g/mol. The molecule has 0 aliphatic heterocycles. The van der Waals surface area contributed by atoms with E-state index in [1.165, 1.54) is 6.07 Å². The summed E-state index contributed by atoms with van der Waals surface area (Å²) in [6.07, 6.45) is 0. The molecule has 0 amide bonds. The van der Waals surface area contributed by atoms with Gasteiger partial charge in [-0.05, 0) is 0 Å². The van der Waals surface area contributed by atoms with Crippen LogP contribution in [0, 0.1) is 0 Å². The van der Waals surface area contributed by atoms with E-state index in [4.69, 9.17) is 0 Å². The highest BCUT2D eigenvalue weighted by Gasteiger charge is 2.00. The van der Waals surface area contributed by atoms with E-state index in [2.05, 4.69) is 20.4 Å². The number of nitrogens with zero attached hydrogens (tertiary/aromatic N) is 1. The Morgan fingerprint density at radius 2 is 2.09 bits per heavy atom. The number of rotatable bonds is 0. The van der Waals surface area contributed by atoms with Crippen LogP contribution < -0.4 is 11.1 Å². The highest BCUT2D eigenvalue weighted by Crippen LogP contribution is 1.93. The zero-order chi connectivity index (χ0) is 7.84. The molecule has 3 N–H and O–H groups in total. The van der Waals surface area contributed by atoms with Gasteiger partial charge in [-0.15, -0.1) is 0 Å². The van der Waals surface area contributed by atoms with Crippen LogP contribution >= 0.6 is 0 Å². The number of nitrogens with one attached hydrogen (secondary N) is 3. The summed E-state index contributed by atoms with van der Waals surface area (Å²) in [4.78, 5) is 21.5. The molecule has 0 spiro atoms. The first-order valence-corrected chi connectivity index (χ1v) is 2.93. The second-order valence-corrected chi connectivity index (χ2v) is 2.07. The lowest BCUT2D eigenvalue weighted by molar-refractivity contribution is 1.03. The first kappa shape index (κ1) is 5.90. The Hall–Kier alpha value is -1.85. The van der Waals surface area contributed by atoms with E-state index < -0.39 is 0 Å². The molecule has 2 heterocycles. The van der Waals surface area contributed by atoms with Gasteiger partial charge in [-0.1, -0.05) is 0 Å². The second kappa shape index (κ2) is 1.82. The summed E-state index contributed by atoms with van der Waals surface area (Å²) in [5.41, 5.74) is -0.0487. The van der Waals surface area contributed by atoms with E-state index in [1.54, 1.807) is 0 Å². The summed E-state index contributed by atoms with van der Waals surface area (Å²) >= 11 is 0. The lowest BCUT2D eigenvalue weighted by atomic mass is 10.4. The van der Waals surface area contributed by atoms with Crippen molar-refractivity contribution in [2.45, 2.75) is 0 Å². The predicted octanol–water partition coefficient (Wildman–Crippen LogP) is -1.06. The van der Waals surface area contributed by atoms with Crippen LogP contribution in [0.3, 0.4) is 0 Å². The molecule has 6 nitrogen and oxygen atoms in total. The van der Waals surface area contributed by atoms with Gasteiger partial charge >= 0.3 is 0 Å². The van der Waals surface area contributed by atoms with E-state index in [9.17, 15) is 9.59 Å². The summed E-state index contributed by atoms with van der Waals surface area (Å²) in [7, 11) is 0. The third kappa shape index (κ3) is 0.759. The molecule has 0 aromatic carbocycles. The Bertz CT molecular complexity index is 491. The first-order chi connectivity index (χ1) is 5.27. The molecule has 0 saturated heterocycles. The first-order valence-electron chi connectivity index (χ1n) is 2.93. The molecule has 0 aliphatic rings. The number of H-pyrrole nitrogens is 3. The summed E-state index contributed by atoms with van der Waals surface area (Å²) in [6.45, 7) is 0. The average Bonchev–Trinajstić information content (AvgIpc) is 2.32. The van der Waals surface area contributed by atoms with Gasteiger partial charge in [0.25, 0.3) is 11.1 Å². The minimum absolute atomic E-state index is 0.213. The third-order valence-electron chi connectivity index (χ3n) is 1.33. The van der Waals surface area contributed by atoms with E-state index in [-0.39, 0.29) is 16.6 Å². The smallest absolute Gasteiger partial charge is 0.292 e. The highest BCUT2D eigenvalue weighted by atomic mass is 16.1. The van der Waals surface area contributed by atoms with Crippen LogP contribution in [0.4, 0.5) is 0 Å². The van der Waals surface area contributed by atoms with Gasteiger partial charge < -0.3 is 0 Å².